The van der Waals surface area contributed by atoms with Gasteiger partial charge < -0.3 is 5.73 Å². The zero-order chi connectivity index (χ0) is 16.4. The van der Waals surface area contributed by atoms with Gasteiger partial charge in [0.25, 0.3) is 0 Å². The van der Waals surface area contributed by atoms with Gasteiger partial charge in [-0.15, -0.1) is 5.10 Å². The SMILES string of the molecule is Cc1cccc(-n2nnc(CN)c2Cc2ccc(F)cc2)c1C. The highest BCUT2D eigenvalue weighted by Gasteiger charge is 2.15. The fourth-order valence-corrected chi connectivity index (χ4v) is 2.62. The van der Waals surface area contributed by atoms with Crippen molar-refractivity contribution in [1.82, 2.24) is 15.0 Å². The van der Waals surface area contributed by atoms with E-state index in [2.05, 4.69) is 30.2 Å². The molecule has 0 bridgehead atoms. The van der Waals surface area contributed by atoms with Crippen LogP contribution in [0.2, 0.25) is 0 Å². The summed E-state index contributed by atoms with van der Waals surface area (Å²) in [6.45, 7) is 4.46. The first kappa shape index (κ1) is 15.4. The van der Waals surface area contributed by atoms with Gasteiger partial charge in [-0.3, -0.25) is 0 Å². The second kappa shape index (κ2) is 6.30. The number of hydrogen-bond acceptors (Lipinski definition) is 3. The van der Waals surface area contributed by atoms with Crippen molar-refractivity contribution in [2.24, 2.45) is 5.73 Å². The first-order valence-corrected chi connectivity index (χ1v) is 7.54. The fraction of sp³-hybridized carbons (Fsp3) is 0.222. The Kier molecular flexibility index (Phi) is 4.21. The van der Waals surface area contributed by atoms with Gasteiger partial charge in [-0.2, -0.15) is 0 Å². The molecule has 4 nitrogen and oxygen atoms in total. The summed E-state index contributed by atoms with van der Waals surface area (Å²) in [6.07, 6.45) is 0.604. The number of aromatic nitrogens is 3. The molecule has 5 heteroatoms. The molecule has 2 N–H and O–H groups in total. The summed E-state index contributed by atoms with van der Waals surface area (Å²) in [6, 6.07) is 12.6. The molecule has 0 radical (unpaired) electrons. The standard InChI is InChI=1S/C18H19FN4/c1-12-4-3-5-17(13(12)2)23-18(16(11-20)21-22-23)10-14-6-8-15(19)9-7-14/h3-9H,10-11,20H2,1-2H3. The van der Waals surface area contributed by atoms with Gasteiger partial charge in [0.05, 0.1) is 11.4 Å². The van der Waals surface area contributed by atoms with E-state index in [9.17, 15) is 4.39 Å². The van der Waals surface area contributed by atoms with Crippen LogP contribution in [-0.4, -0.2) is 15.0 Å². The van der Waals surface area contributed by atoms with E-state index in [1.54, 1.807) is 12.1 Å². The third-order valence-electron chi connectivity index (χ3n) is 4.13. The fourth-order valence-electron chi connectivity index (χ4n) is 2.62. The Labute approximate surface area is 134 Å². The number of rotatable bonds is 4. The third kappa shape index (κ3) is 3.00. The first-order valence-electron chi connectivity index (χ1n) is 7.54. The quantitative estimate of drug-likeness (QED) is 0.805. The normalized spacial score (nSPS) is 11.0. The molecule has 2 aromatic carbocycles. The van der Waals surface area contributed by atoms with E-state index in [0.717, 1.165) is 28.2 Å². The van der Waals surface area contributed by atoms with Crippen molar-refractivity contribution in [2.75, 3.05) is 0 Å². The van der Waals surface area contributed by atoms with E-state index in [0.29, 0.717) is 13.0 Å². The molecule has 1 aromatic heterocycles. The zero-order valence-corrected chi connectivity index (χ0v) is 13.3. The lowest BCUT2D eigenvalue weighted by molar-refractivity contribution is 0.627. The van der Waals surface area contributed by atoms with Gasteiger partial charge in [0.1, 0.15) is 11.5 Å². The van der Waals surface area contributed by atoms with Gasteiger partial charge in [-0.1, -0.05) is 29.5 Å². The number of benzene rings is 2. The predicted octanol–water partition coefficient (Wildman–Crippen LogP) is 3.07. The highest BCUT2D eigenvalue weighted by molar-refractivity contribution is 5.45. The first-order chi connectivity index (χ1) is 11.1. The van der Waals surface area contributed by atoms with E-state index in [1.807, 2.05) is 16.8 Å². The molecule has 0 aliphatic carbocycles. The number of halogens is 1. The summed E-state index contributed by atoms with van der Waals surface area (Å²) in [5.41, 5.74) is 11.8. The van der Waals surface area contributed by atoms with Crippen LogP contribution in [0.25, 0.3) is 5.69 Å². The maximum atomic E-state index is 13.1. The molecule has 118 valence electrons. The summed E-state index contributed by atoms with van der Waals surface area (Å²) in [4.78, 5) is 0. The van der Waals surface area contributed by atoms with Gasteiger partial charge in [0.15, 0.2) is 0 Å². The number of nitrogens with two attached hydrogens (primary N) is 1. The highest BCUT2D eigenvalue weighted by atomic mass is 19.1. The largest absolute Gasteiger partial charge is 0.325 e. The predicted molar refractivity (Wildman–Crippen MR) is 87.9 cm³/mol. The average molecular weight is 310 g/mol. The van der Waals surface area contributed by atoms with Gasteiger partial charge >= 0.3 is 0 Å². The van der Waals surface area contributed by atoms with Crippen molar-refractivity contribution in [3.8, 4) is 5.69 Å². The smallest absolute Gasteiger partial charge is 0.123 e. The Morgan fingerprint density at radius 3 is 2.52 bits per heavy atom. The van der Waals surface area contributed by atoms with Gasteiger partial charge in [-0.25, -0.2) is 9.07 Å². The van der Waals surface area contributed by atoms with Crippen molar-refractivity contribution < 1.29 is 4.39 Å². The molecule has 0 amide bonds. The molecule has 0 aliphatic heterocycles. The maximum absolute atomic E-state index is 13.1. The topological polar surface area (TPSA) is 56.7 Å². The molecule has 0 saturated heterocycles. The lowest BCUT2D eigenvalue weighted by atomic mass is 10.1. The van der Waals surface area contributed by atoms with Crippen LogP contribution < -0.4 is 5.73 Å². The van der Waals surface area contributed by atoms with Crippen LogP contribution in [0.4, 0.5) is 4.39 Å². The number of aryl methyl sites for hydroxylation is 1. The van der Waals surface area contributed by atoms with Gasteiger partial charge in [0, 0.05) is 13.0 Å². The van der Waals surface area contributed by atoms with Crippen LogP contribution in [-0.2, 0) is 13.0 Å². The minimum Gasteiger partial charge on any atom is -0.325 e. The lowest BCUT2D eigenvalue weighted by Gasteiger charge is -2.12. The van der Waals surface area contributed by atoms with Crippen molar-refractivity contribution in [1.29, 1.82) is 0 Å². The van der Waals surface area contributed by atoms with Crippen LogP contribution in [0.15, 0.2) is 42.5 Å². The lowest BCUT2D eigenvalue weighted by Crippen LogP contribution is -2.08. The number of hydrogen-bond donors (Lipinski definition) is 1. The molecule has 3 aromatic rings. The monoisotopic (exact) mass is 310 g/mol. The van der Waals surface area contributed by atoms with Crippen molar-refractivity contribution in [3.05, 3.63) is 76.4 Å². The maximum Gasteiger partial charge on any atom is 0.123 e. The van der Waals surface area contributed by atoms with Crippen LogP contribution >= 0.6 is 0 Å². The minimum absolute atomic E-state index is 0.242. The summed E-state index contributed by atoms with van der Waals surface area (Å²) >= 11 is 0. The molecule has 3 rings (SSSR count). The molecular weight excluding hydrogens is 291 g/mol. The number of nitrogens with zero attached hydrogens (tertiary/aromatic N) is 3. The van der Waals surface area contributed by atoms with Crippen molar-refractivity contribution in [2.45, 2.75) is 26.8 Å². The molecular formula is C18H19FN4. The summed E-state index contributed by atoms with van der Waals surface area (Å²) in [7, 11) is 0. The van der Waals surface area contributed by atoms with Crippen LogP contribution in [0.5, 0.6) is 0 Å². The Morgan fingerprint density at radius 2 is 1.83 bits per heavy atom. The molecule has 0 spiro atoms. The molecule has 0 saturated carbocycles. The second-order valence-corrected chi connectivity index (χ2v) is 5.62. The van der Waals surface area contributed by atoms with E-state index >= 15 is 0 Å². The van der Waals surface area contributed by atoms with E-state index in [4.69, 9.17) is 5.73 Å². The van der Waals surface area contributed by atoms with E-state index in [-0.39, 0.29) is 5.82 Å². The average Bonchev–Trinajstić information content (AvgIpc) is 2.95. The van der Waals surface area contributed by atoms with Crippen LogP contribution in [0, 0.1) is 19.7 Å². The molecule has 0 fully saturated rings. The van der Waals surface area contributed by atoms with Crippen molar-refractivity contribution in [3.63, 3.8) is 0 Å². The minimum atomic E-state index is -0.242. The summed E-state index contributed by atoms with van der Waals surface area (Å²) in [5, 5.41) is 8.49. The molecule has 23 heavy (non-hydrogen) atoms. The molecule has 1 heterocycles. The Morgan fingerprint density at radius 1 is 1.09 bits per heavy atom. The Balaban J connectivity index is 2.07. The van der Waals surface area contributed by atoms with E-state index in [1.165, 1.54) is 17.7 Å². The van der Waals surface area contributed by atoms with Gasteiger partial charge in [0.2, 0.25) is 0 Å². The van der Waals surface area contributed by atoms with Gasteiger partial charge in [-0.05, 0) is 48.7 Å². The molecule has 0 aliphatic rings. The summed E-state index contributed by atoms with van der Waals surface area (Å²) < 4.78 is 14.9. The van der Waals surface area contributed by atoms with Crippen LogP contribution in [0.3, 0.4) is 0 Å². The molecule has 0 unspecified atom stereocenters. The van der Waals surface area contributed by atoms with E-state index < -0.39 is 0 Å². The summed E-state index contributed by atoms with van der Waals surface area (Å²) in [5.74, 6) is -0.242. The second-order valence-electron chi connectivity index (χ2n) is 5.62. The molecule has 0 atom stereocenters. The van der Waals surface area contributed by atoms with Crippen LogP contribution in [0.1, 0.15) is 28.1 Å². The third-order valence-corrected chi connectivity index (χ3v) is 4.13. The highest BCUT2D eigenvalue weighted by Crippen LogP contribution is 2.21. The van der Waals surface area contributed by atoms with Crippen molar-refractivity contribution >= 4 is 0 Å². The zero-order valence-electron chi connectivity index (χ0n) is 13.3. The Bertz CT molecular complexity index is 822. The Hall–Kier alpha value is -2.53.